The first-order chi connectivity index (χ1) is 36.6. The number of esters is 1. The van der Waals surface area contributed by atoms with E-state index < -0.39 is 194 Å². The van der Waals surface area contributed by atoms with Gasteiger partial charge in [-0.2, -0.15) is 0 Å². The van der Waals surface area contributed by atoms with Crippen molar-refractivity contribution in [1.82, 2.24) is 0 Å². The van der Waals surface area contributed by atoms with E-state index in [2.05, 4.69) is 41.2 Å². The van der Waals surface area contributed by atoms with Crippen LogP contribution >= 0.6 is 0 Å². The zero-order valence-electron chi connectivity index (χ0n) is 45.4. The number of fused-ring (bicyclic) bond motifs is 7. The number of aliphatic hydroxyl groups is 15. The molecule has 24 heteroatoms. The fourth-order valence-corrected chi connectivity index (χ4v) is 17.4. The van der Waals surface area contributed by atoms with Gasteiger partial charge in [-0.05, 0) is 122 Å². The third kappa shape index (κ3) is 9.67. The van der Waals surface area contributed by atoms with Crippen molar-refractivity contribution in [3.05, 3.63) is 12.2 Å². The van der Waals surface area contributed by atoms with Crippen molar-refractivity contribution in [2.24, 2.45) is 56.7 Å². The van der Waals surface area contributed by atoms with Crippen LogP contribution in [0, 0.1) is 56.7 Å². The number of rotatable bonds is 13. The predicted molar refractivity (Wildman–Crippen MR) is 264 cm³/mol. The van der Waals surface area contributed by atoms with Crippen LogP contribution in [0.25, 0.3) is 0 Å². The zero-order valence-corrected chi connectivity index (χ0v) is 45.4. The fraction of sp³-hybridized carbons (Fsp3) is 0.944. The lowest BCUT2D eigenvalue weighted by Gasteiger charge is -2.73. The summed E-state index contributed by atoms with van der Waals surface area (Å²) in [6, 6.07) is 0. The van der Waals surface area contributed by atoms with Crippen molar-refractivity contribution in [3.8, 4) is 0 Å². The second kappa shape index (κ2) is 22.4. The molecule has 0 bridgehead atoms. The SMILES string of the molecule is C=C(CO)[C@@H]1CC[C@]2(C(=O)O[C@@H]3O[C@H](CO[C@@H]4O[C@H](CO)[C@@H](O[C@@H]5O[C@@H](C)[C@H](O)[C@@H](O)[C@H]5O)[C@H](O)[C@H]4O)[C@@H](O)[C@H](O)[C@H]3O)CC[C@]3(C)[C@H](C[C@@H](O)[C@@H]4[C@@]5(C)CC[C@@H](O[C@@H]6[C@@H](O)[C@H](O)O[C@H](CO)[C@H]6O)C(C)(C)[C@@H]5CC[C@]43C)[C@@H]12. The predicted octanol–water partition coefficient (Wildman–Crippen LogP) is -3.21. The maximum Gasteiger partial charge on any atom is 0.314 e. The normalized spacial score (nSPS) is 55.0. The van der Waals surface area contributed by atoms with E-state index in [1.54, 1.807) is 0 Å². The summed E-state index contributed by atoms with van der Waals surface area (Å²) in [7, 11) is 0. The lowest BCUT2D eigenvalue weighted by molar-refractivity contribution is -0.361. The minimum Gasteiger partial charge on any atom is -0.432 e. The Morgan fingerprint density at radius 2 is 1.23 bits per heavy atom. The summed E-state index contributed by atoms with van der Waals surface area (Å²) in [5.41, 5.74) is -2.62. The molecule has 0 aromatic carbocycles. The van der Waals surface area contributed by atoms with Crippen LogP contribution < -0.4 is 0 Å². The van der Waals surface area contributed by atoms with Gasteiger partial charge in [-0.25, -0.2) is 0 Å². The van der Waals surface area contributed by atoms with Crippen molar-refractivity contribution in [2.45, 2.75) is 234 Å². The molecule has 0 amide bonds. The molecule has 5 aliphatic carbocycles. The molecular weight excluding hydrogens is 1030 g/mol. The Morgan fingerprint density at radius 3 is 1.90 bits per heavy atom. The number of hydrogen-bond donors (Lipinski definition) is 15. The molecule has 0 unspecified atom stereocenters. The summed E-state index contributed by atoms with van der Waals surface area (Å²) in [5.74, 6) is -2.09. The van der Waals surface area contributed by atoms with Gasteiger partial charge in [0.05, 0.1) is 50.2 Å². The lowest BCUT2D eigenvalue weighted by atomic mass is 9.31. The zero-order chi connectivity index (χ0) is 57.1. The van der Waals surface area contributed by atoms with Gasteiger partial charge >= 0.3 is 5.97 Å². The van der Waals surface area contributed by atoms with Gasteiger partial charge in [0.25, 0.3) is 0 Å². The van der Waals surface area contributed by atoms with E-state index in [1.807, 2.05) is 0 Å². The summed E-state index contributed by atoms with van der Waals surface area (Å²) in [6.45, 7) is 14.2. The highest BCUT2D eigenvalue weighted by Gasteiger charge is 2.74. The van der Waals surface area contributed by atoms with E-state index in [4.69, 9.17) is 37.9 Å². The molecule has 0 radical (unpaired) electrons. The van der Waals surface area contributed by atoms with Gasteiger partial charge in [-0.15, -0.1) is 0 Å². The first-order valence-corrected chi connectivity index (χ1v) is 28.0. The first-order valence-electron chi connectivity index (χ1n) is 28.0. The Bertz CT molecular complexity index is 2120. The summed E-state index contributed by atoms with van der Waals surface area (Å²) in [6.07, 6.45) is -28.9. The van der Waals surface area contributed by atoms with E-state index in [0.717, 1.165) is 6.42 Å². The second-order valence-electron chi connectivity index (χ2n) is 25.9. The molecule has 9 fully saturated rings. The van der Waals surface area contributed by atoms with Gasteiger partial charge in [-0.3, -0.25) is 4.79 Å². The Hall–Kier alpha value is -1.67. The molecule has 5 saturated carbocycles. The molecule has 31 atom stereocenters. The molecular formula is C54H88O24. The van der Waals surface area contributed by atoms with E-state index >= 15 is 4.79 Å². The van der Waals surface area contributed by atoms with Crippen LogP contribution in [0.2, 0.25) is 0 Å². The van der Waals surface area contributed by atoms with E-state index in [0.29, 0.717) is 56.9 Å². The van der Waals surface area contributed by atoms with Crippen molar-refractivity contribution in [2.75, 3.05) is 26.4 Å². The molecule has 4 heterocycles. The van der Waals surface area contributed by atoms with Gasteiger partial charge < -0.3 is 114 Å². The molecule has 15 N–H and O–H groups in total. The third-order valence-corrected chi connectivity index (χ3v) is 21.9. The number of aliphatic hydroxyl groups excluding tert-OH is 15. The number of hydrogen-bond acceptors (Lipinski definition) is 24. The van der Waals surface area contributed by atoms with Gasteiger partial charge in [-0.1, -0.05) is 41.2 Å². The third-order valence-electron chi connectivity index (χ3n) is 21.9. The monoisotopic (exact) mass is 1120 g/mol. The lowest BCUT2D eigenvalue weighted by Crippen LogP contribution is -2.70. The highest BCUT2D eigenvalue weighted by atomic mass is 16.8. The first kappa shape index (κ1) is 60.9. The summed E-state index contributed by atoms with van der Waals surface area (Å²) in [4.78, 5) is 15.2. The maximum atomic E-state index is 15.2. The van der Waals surface area contributed by atoms with Crippen molar-refractivity contribution >= 4 is 5.97 Å². The molecule has 0 spiro atoms. The Labute approximate surface area is 453 Å². The number of ether oxygens (including phenoxy) is 8. The minimum absolute atomic E-state index is 0.00640. The number of carbonyl (C=O) groups is 1. The van der Waals surface area contributed by atoms with Crippen molar-refractivity contribution < 1.29 is 119 Å². The van der Waals surface area contributed by atoms with Crippen LogP contribution in [0.4, 0.5) is 0 Å². The molecule has 0 aromatic heterocycles. The molecule has 9 aliphatic rings. The fourth-order valence-electron chi connectivity index (χ4n) is 17.4. The molecule has 0 aromatic rings. The van der Waals surface area contributed by atoms with E-state index in [-0.39, 0.29) is 30.3 Å². The van der Waals surface area contributed by atoms with Crippen LogP contribution in [0.3, 0.4) is 0 Å². The molecule has 448 valence electrons. The van der Waals surface area contributed by atoms with Crippen LogP contribution in [-0.2, 0) is 42.7 Å². The van der Waals surface area contributed by atoms with E-state index in [1.165, 1.54) is 6.92 Å². The van der Waals surface area contributed by atoms with Crippen molar-refractivity contribution in [1.29, 1.82) is 0 Å². The smallest absolute Gasteiger partial charge is 0.314 e. The maximum absolute atomic E-state index is 15.2. The quantitative estimate of drug-likeness (QED) is 0.0638. The second-order valence-corrected chi connectivity index (χ2v) is 25.9. The van der Waals surface area contributed by atoms with Gasteiger partial charge in [0, 0.05) is 0 Å². The molecule has 4 aliphatic heterocycles. The molecule has 9 rings (SSSR count). The van der Waals surface area contributed by atoms with E-state index in [9.17, 15) is 76.6 Å². The van der Waals surface area contributed by atoms with Crippen molar-refractivity contribution in [3.63, 3.8) is 0 Å². The summed E-state index contributed by atoms with van der Waals surface area (Å²) < 4.78 is 46.5. The molecule has 4 saturated heterocycles. The Balaban J connectivity index is 0.904. The highest BCUT2D eigenvalue weighted by molar-refractivity contribution is 5.78. The van der Waals surface area contributed by atoms with Gasteiger partial charge in [0.1, 0.15) is 91.6 Å². The number of carbonyl (C=O) groups excluding carboxylic acids is 1. The average molecular weight is 1120 g/mol. The Kier molecular flexibility index (Phi) is 17.5. The largest absolute Gasteiger partial charge is 0.432 e. The summed E-state index contributed by atoms with van der Waals surface area (Å²) >= 11 is 0. The summed E-state index contributed by atoms with van der Waals surface area (Å²) in [5, 5.41) is 163. The standard InChI is InChI=1S/C54H88O24/c1-21(17-55)23-8-13-54(49(70)78-48-39(66)36(63)33(60)28(75-48)20-71-46-40(67)37(64)42(27(19-57)74-46)77-47-38(65)35(62)32(59)22(2)72-47)15-14-52(6)24(31(23)54)16-25(58)44-51(5)11-10-30(50(3,4)29(51)9-12-53(44,52)7)76-43-34(61)26(18-56)73-45(69)41(43)68/h22-48,55-69H,1,8-20H2,2-7H3/t22-,23-,24+,25+,26+,27+,28+,29-,30+,31+,32-,33+,34+,35+,36-,37+,38+,39+,40+,41+,42+,43-,44+,45+,46+,47-,48-,51-,52+,53+,54-/m0/s1. The van der Waals surface area contributed by atoms with Gasteiger partial charge in [0.15, 0.2) is 18.9 Å². The van der Waals surface area contributed by atoms with Crippen LogP contribution in [0.5, 0.6) is 0 Å². The minimum atomic E-state index is -1.95. The molecule has 24 nitrogen and oxygen atoms in total. The van der Waals surface area contributed by atoms with Crippen LogP contribution in [0.1, 0.15) is 99.3 Å². The Morgan fingerprint density at radius 1 is 0.590 bits per heavy atom. The van der Waals surface area contributed by atoms with Crippen LogP contribution in [-0.4, -0.2) is 244 Å². The van der Waals surface area contributed by atoms with Crippen LogP contribution in [0.15, 0.2) is 12.2 Å². The molecule has 78 heavy (non-hydrogen) atoms. The highest BCUT2D eigenvalue weighted by Crippen LogP contribution is 2.78. The topological polar surface area (TPSA) is 394 Å². The average Bonchev–Trinajstić information content (AvgIpc) is 2.75. The van der Waals surface area contributed by atoms with Gasteiger partial charge in [0.2, 0.25) is 6.29 Å².